The average Bonchev–Trinajstić information content (AvgIpc) is 3.29. The van der Waals surface area contributed by atoms with E-state index in [0.717, 1.165) is 48.7 Å². The van der Waals surface area contributed by atoms with Crippen molar-refractivity contribution >= 4 is 28.3 Å². The Hall–Kier alpha value is -3.80. The van der Waals surface area contributed by atoms with E-state index in [1.54, 1.807) is 13.3 Å². The van der Waals surface area contributed by atoms with Gasteiger partial charge in [0.05, 0.1) is 18.4 Å². The van der Waals surface area contributed by atoms with Crippen molar-refractivity contribution in [2.45, 2.75) is 18.8 Å². The third kappa shape index (κ3) is 3.91. The van der Waals surface area contributed by atoms with E-state index in [9.17, 15) is 4.79 Å². The molecule has 0 saturated carbocycles. The number of H-pyrrole nitrogens is 1. The number of pyridine rings is 1. The first-order valence-electron chi connectivity index (χ1n) is 10.9. The molecule has 6 nitrogen and oxygen atoms in total. The summed E-state index contributed by atoms with van der Waals surface area (Å²) in [6, 6.07) is 19.5. The summed E-state index contributed by atoms with van der Waals surface area (Å²) in [5.74, 6) is 1.30. The van der Waals surface area contributed by atoms with Crippen LogP contribution in [0.3, 0.4) is 0 Å². The van der Waals surface area contributed by atoms with Crippen LogP contribution >= 0.6 is 0 Å². The quantitative estimate of drug-likeness (QED) is 0.452. The molecule has 1 fully saturated rings. The van der Waals surface area contributed by atoms with Gasteiger partial charge in [0.15, 0.2) is 0 Å². The van der Waals surface area contributed by atoms with Crippen LogP contribution in [0.15, 0.2) is 73.1 Å². The Kier molecular flexibility index (Phi) is 5.50. The molecule has 162 valence electrons. The molecule has 0 atom stereocenters. The highest BCUT2D eigenvalue weighted by molar-refractivity contribution is 6.00. The van der Waals surface area contributed by atoms with Gasteiger partial charge in [0.1, 0.15) is 11.4 Å². The van der Waals surface area contributed by atoms with E-state index in [-0.39, 0.29) is 5.91 Å². The third-order valence-electron chi connectivity index (χ3n) is 6.23. The van der Waals surface area contributed by atoms with Crippen molar-refractivity contribution in [3.05, 3.63) is 84.2 Å². The fraction of sp³-hybridized carbons (Fsp3) is 0.231. The molecule has 6 heteroatoms. The smallest absolute Gasteiger partial charge is 0.255 e. The van der Waals surface area contributed by atoms with Crippen LogP contribution in [-0.2, 0) is 0 Å². The summed E-state index contributed by atoms with van der Waals surface area (Å²) >= 11 is 0. The van der Waals surface area contributed by atoms with Crippen LogP contribution in [0, 0.1) is 0 Å². The van der Waals surface area contributed by atoms with Crippen molar-refractivity contribution in [1.29, 1.82) is 0 Å². The van der Waals surface area contributed by atoms with Crippen LogP contribution in [-0.4, -0.2) is 41.0 Å². The van der Waals surface area contributed by atoms with Crippen LogP contribution in [0.2, 0.25) is 0 Å². The number of methoxy groups -OCH3 is 1. The van der Waals surface area contributed by atoms with Crippen LogP contribution in [0.5, 0.6) is 5.75 Å². The highest BCUT2D eigenvalue weighted by Crippen LogP contribution is 2.33. The van der Waals surface area contributed by atoms with Crippen molar-refractivity contribution in [3.8, 4) is 5.75 Å². The number of benzene rings is 2. The Bertz CT molecular complexity index is 1220. The Labute approximate surface area is 187 Å². The number of fused-ring (bicyclic) bond motifs is 1. The molecule has 2 aromatic heterocycles. The zero-order valence-electron chi connectivity index (χ0n) is 18.0. The monoisotopic (exact) mass is 426 g/mol. The van der Waals surface area contributed by atoms with Gasteiger partial charge < -0.3 is 19.9 Å². The summed E-state index contributed by atoms with van der Waals surface area (Å²) in [4.78, 5) is 23.0. The zero-order valence-corrected chi connectivity index (χ0v) is 18.0. The first-order chi connectivity index (χ1) is 15.7. The summed E-state index contributed by atoms with van der Waals surface area (Å²) in [5, 5.41) is 4.57. The van der Waals surface area contributed by atoms with Crippen molar-refractivity contribution in [2.24, 2.45) is 0 Å². The molecule has 2 aromatic carbocycles. The second-order valence-corrected chi connectivity index (χ2v) is 8.11. The van der Waals surface area contributed by atoms with E-state index in [1.165, 1.54) is 10.9 Å². The van der Waals surface area contributed by atoms with Gasteiger partial charge in [-0.3, -0.25) is 4.79 Å². The maximum Gasteiger partial charge on any atom is 0.255 e. The summed E-state index contributed by atoms with van der Waals surface area (Å²) in [5.41, 5.74) is 4.66. The van der Waals surface area contributed by atoms with Crippen molar-refractivity contribution in [2.75, 3.05) is 25.5 Å². The minimum Gasteiger partial charge on any atom is -0.497 e. The number of aromatic nitrogens is 2. The molecule has 4 aromatic rings. The van der Waals surface area contributed by atoms with Gasteiger partial charge in [0.2, 0.25) is 0 Å². The highest BCUT2D eigenvalue weighted by Gasteiger charge is 2.27. The number of anilines is 2. The second kappa shape index (κ2) is 8.75. The van der Waals surface area contributed by atoms with E-state index in [4.69, 9.17) is 4.74 Å². The molecule has 0 bridgehead atoms. The van der Waals surface area contributed by atoms with Gasteiger partial charge in [-0.2, -0.15) is 0 Å². The van der Waals surface area contributed by atoms with Gasteiger partial charge >= 0.3 is 0 Å². The maximum atomic E-state index is 13.4. The van der Waals surface area contributed by atoms with E-state index in [1.807, 2.05) is 59.5 Å². The number of nitrogens with one attached hydrogen (secondary N) is 2. The lowest BCUT2D eigenvalue weighted by Gasteiger charge is -2.32. The predicted octanol–water partition coefficient (Wildman–Crippen LogP) is 5.33. The number of rotatable bonds is 5. The van der Waals surface area contributed by atoms with E-state index in [2.05, 4.69) is 27.5 Å². The standard InChI is InChI=1S/C26H26N4O2/c1-32-20-10-8-19(9-11-20)29-24-7-3-2-5-22(24)26(31)30-15-12-18(13-16-30)23-17-28-25-21(23)6-4-14-27-25/h2-11,14,17-18,29H,12-13,15-16H2,1H3,(H,27,28). The number of hydrogen-bond donors (Lipinski definition) is 2. The summed E-state index contributed by atoms with van der Waals surface area (Å²) in [6.45, 7) is 1.49. The van der Waals surface area contributed by atoms with Crippen molar-refractivity contribution in [1.82, 2.24) is 14.9 Å². The van der Waals surface area contributed by atoms with Gasteiger partial charge in [-0.05, 0) is 72.9 Å². The van der Waals surface area contributed by atoms with Gasteiger partial charge in [-0.1, -0.05) is 12.1 Å². The molecule has 0 radical (unpaired) electrons. The molecule has 1 aliphatic heterocycles. The average molecular weight is 427 g/mol. The molecule has 3 heterocycles. The number of likely N-dealkylation sites (tertiary alicyclic amines) is 1. The summed E-state index contributed by atoms with van der Waals surface area (Å²) < 4.78 is 5.23. The minimum absolute atomic E-state index is 0.0701. The minimum atomic E-state index is 0.0701. The Morgan fingerprint density at radius 3 is 2.62 bits per heavy atom. The molecule has 5 rings (SSSR count). The summed E-state index contributed by atoms with van der Waals surface area (Å²) in [6.07, 6.45) is 5.78. The largest absolute Gasteiger partial charge is 0.497 e. The van der Waals surface area contributed by atoms with Crippen LogP contribution in [0.1, 0.15) is 34.7 Å². The molecular weight excluding hydrogens is 400 g/mol. The second-order valence-electron chi connectivity index (χ2n) is 8.11. The van der Waals surface area contributed by atoms with Gasteiger partial charge in [0, 0.05) is 36.6 Å². The maximum absolute atomic E-state index is 13.4. The van der Waals surface area contributed by atoms with Crippen LogP contribution in [0.4, 0.5) is 11.4 Å². The van der Waals surface area contributed by atoms with E-state index >= 15 is 0 Å². The number of hydrogen-bond acceptors (Lipinski definition) is 4. The third-order valence-corrected chi connectivity index (χ3v) is 6.23. The molecule has 1 amide bonds. The fourth-order valence-electron chi connectivity index (χ4n) is 4.49. The first-order valence-corrected chi connectivity index (χ1v) is 10.9. The van der Waals surface area contributed by atoms with Gasteiger partial charge in [0.25, 0.3) is 5.91 Å². The van der Waals surface area contributed by atoms with E-state index in [0.29, 0.717) is 11.5 Å². The van der Waals surface area contributed by atoms with Crippen LogP contribution < -0.4 is 10.1 Å². The Morgan fingerprint density at radius 1 is 1.06 bits per heavy atom. The normalized spacial score (nSPS) is 14.5. The van der Waals surface area contributed by atoms with Crippen molar-refractivity contribution in [3.63, 3.8) is 0 Å². The lowest BCUT2D eigenvalue weighted by Crippen LogP contribution is -2.38. The molecule has 0 unspecified atom stereocenters. The first kappa shape index (κ1) is 20.1. The molecule has 0 aliphatic carbocycles. The number of carbonyl (C=O) groups is 1. The Balaban J connectivity index is 1.29. The number of aromatic amines is 1. The molecule has 1 saturated heterocycles. The highest BCUT2D eigenvalue weighted by atomic mass is 16.5. The SMILES string of the molecule is COc1ccc(Nc2ccccc2C(=O)N2CCC(c3c[nH]c4ncccc34)CC2)cc1. The predicted molar refractivity (Wildman–Crippen MR) is 127 cm³/mol. The number of carbonyl (C=O) groups excluding carboxylic acids is 1. The number of ether oxygens (including phenoxy) is 1. The number of piperidine rings is 1. The number of para-hydroxylation sites is 1. The number of amides is 1. The molecular formula is C26H26N4O2. The zero-order chi connectivity index (χ0) is 21.9. The van der Waals surface area contributed by atoms with Crippen LogP contribution in [0.25, 0.3) is 11.0 Å². The molecule has 2 N–H and O–H groups in total. The lowest BCUT2D eigenvalue weighted by molar-refractivity contribution is 0.0714. The summed E-state index contributed by atoms with van der Waals surface area (Å²) in [7, 11) is 1.65. The molecule has 32 heavy (non-hydrogen) atoms. The van der Waals surface area contributed by atoms with Gasteiger partial charge in [-0.25, -0.2) is 4.98 Å². The molecule has 1 aliphatic rings. The molecule has 0 spiro atoms. The fourth-order valence-corrected chi connectivity index (χ4v) is 4.49. The Morgan fingerprint density at radius 2 is 1.84 bits per heavy atom. The number of nitrogens with zero attached hydrogens (tertiary/aromatic N) is 2. The van der Waals surface area contributed by atoms with Crippen molar-refractivity contribution < 1.29 is 9.53 Å². The van der Waals surface area contributed by atoms with E-state index < -0.39 is 0 Å². The van der Waals surface area contributed by atoms with Gasteiger partial charge in [-0.15, -0.1) is 0 Å². The topological polar surface area (TPSA) is 70.2 Å². The lowest BCUT2D eigenvalue weighted by atomic mass is 9.89.